The fraction of sp³-hybridized carbons (Fsp3) is 0.500. The molecule has 10 nitrogen and oxygen atoms in total. The number of ether oxygens (including phenoxy) is 8. The molecule has 0 spiro atoms. The Morgan fingerprint density at radius 2 is 0.913 bits per heavy atom. The van der Waals surface area contributed by atoms with Crippen molar-refractivity contribution in [1.82, 2.24) is 0 Å². The van der Waals surface area contributed by atoms with Gasteiger partial charge in [-0.15, -0.1) is 0 Å². The van der Waals surface area contributed by atoms with Gasteiger partial charge in [-0.2, -0.15) is 0 Å². The van der Waals surface area contributed by atoms with Crippen LogP contribution in [0.25, 0.3) is 0 Å². The van der Waals surface area contributed by atoms with Gasteiger partial charge >= 0.3 is 11.9 Å². The summed E-state index contributed by atoms with van der Waals surface area (Å²) < 4.78 is 48.7. The molecule has 0 amide bonds. The van der Waals surface area contributed by atoms with Gasteiger partial charge in [-0.1, -0.05) is 32.4 Å². The van der Waals surface area contributed by atoms with Gasteiger partial charge in [0.2, 0.25) is 23.0 Å². The van der Waals surface area contributed by atoms with Crippen LogP contribution in [-0.4, -0.2) is 51.6 Å². The summed E-state index contributed by atoms with van der Waals surface area (Å²) in [6.07, 6.45) is 6.42. The number of esters is 2. The molecule has 2 aromatic carbocycles. The second kappa shape index (κ2) is 17.4. The summed E-state index contributed by atoms with van der Waals surface area (Å²) in [5.74, 6) is 0.963. The molecule has 2 aromatic rings. The van der Waals surface area contributed by atoms with E-state index in [9.17, 15) is 9.59 Å². The van der Waals surface area contributed by atoms with Gasteiger partial charge in [0.05, 0.1) is 39.6 Å². The van der Waals surface area contributed by atoms with Crippen LogP contribution in [0.3, 0.4) is 0 Å². The van der Waals surface area contributed by atoms with Crippen molar-refractivity contribution in [3.05, 3.63) is 48.6 Å². The highest BCUT2D eigenvalue weighted by Gasteiger charge is 2.45. The number of hydrogen-bond donors (Lipinski definition) is 0. The highest BCUT2D eigenvalue weighted by atomic mass is 16.6. The summed E-state index contributed by atoms with van der Waals surface area (Å²) in [5.41, 5.74) is 0.826. The quantitative estimate of drug-likeness (QED) is 0.0923. The van der Waals surface area contributed by atoms with Gasteiger partial charge in [0.1, 0.15) is 0 Å². The normalized spacial score (nSPS) is 13.6. The lowest BCUT2D eigenvalue weighted by Gasteiger charge is -2.41. The van der Waals surface area contributed by atoms with Crippen LogP contribution in [0.4, 0.5) is 0 Å². The molecule has 0 heterocycles. The molecule has 1 saturated carbocycles. The lowest BCUT2D eigenvalue weighted by Crippen LogP contribution is -2.32. The topological polar surface area (TPSA) is 108 Å². The summed E-state index contributed by atoms with van der Waals surface area (Å²) in [6.45, 7) is 20.1. The Kier molecular flexibility index (Phi) is 13.7. The first-order valence-corrected chi connectivity index (χ1v) is 16.2. The fourth-order valence-corrected chi connectivity index (χ4v) is 5.88. The number of carbonyl (C=O) groups is 2. The molecule has 1 aliphatic rings. The first kappa shape index (κ1) is 36.1. The van der Waals surface area contributed by atoms with Gasteiger partial charge in [0.15, 0.2) is 23.0 Å². The maximum Gasteiger partial charge on any atom is 0.335 e. The Morgan fingerprint density at radius 1 is 0.565 bits per heavy atom. The maximum absolute atomic E-state index is 12.5. The summed E-state index contributed by atoms with van der Waals surface area (Å²) in [5, 5.41) is 0. The smallest absolute Gasteiger partial charge is 0.335 e. The number of carbonyl (C=O) groups excluding carboxylic acids is 2. The predicted molar refractivity (Wildman–Crippen MR) is 175 cm³/mol. The highest BCUT2D eigenvalue weighted by molar-refractivity contribution is 5.86. The van der Waals surface area contributed by atoms with Gasteiger partial charge in [-0.25, -0.2) is 9.59 Å². The molecule has 0 unspecified atom stereocenters. The van der Waals surface area contributed by atoms with Crippen molar-refractivity contribution in [3.8, 4) is 46.0 Å². The molecule has 0 radical (unpaired) electrons. The lowest BCUT2D eigenvalue weighted by atomic mass is 9.64. The van der Waals surface area contributed by atoms with Crippen LogP contribution in [0, 0.1) is 0 Å². The lowest BCUT2D eigenvalue weighted by molar-refractivity contribution is -0.130. The maximum atomic E-state index is 12.5. The Hall–Kier alpha value is -4.34. The van der Waals surface area contributed by atoms with Gasteiger partial charge in [-0.3, -0.25) is 0 Å². The van der Waals surface area contributed by atoms with E-state index in [2.05, 4.69) is 13.2 Å². The van der Waals surface area contributed by atoms with Crippen LogP contribution < -0.4 is 37.9 Å². The third-order valence-electron chi connectivity index (χ3n) is 7.54. The Bertz CT molecular complexity index is 1280. The zero-order valence-corrected chi connectivity index (χ0v) is 28.1. The minimum Gasteiger partial charge on any atom is -0.490 e. The van der Waals surface area contributed by atoms with Crippen LogP contribution in [0.1, 0.15) is 84.8 Å². The Labute approximate surface area is 272 Å². The summed E-state index contributed by atoms with van der Waals surface area (Å²) in [4.78, 5) is 25.0. The van der Waals surface area contributed by atoms with E-state index in [4.69, 9.17) is 37.9 Å². The molecule has 46 heavy (non-hydrogen) atoms. The van der Waals surface area contributed by atoms with Crippen molar-refractivity contribution in [2.24, 2.45) is 0 Å². The molecule has 0 bridgehead atoms. The molecular formula is C36H48O10. The second-order valence-corrected chi connectivity index (χ2v) is 10.3. The van der Waals surface area contributed by atoms with Crippen molar-refractivity contribution in [3.63, 3.8) is 0 Å². The van der Waals surface area contributed by atoms with E-state index in [-0.39, 0.29) is 36.2 Å². The van der Waals surface area contributed by atoms with Crippen molar-refractivity contribution in [1.29, 1.82) is 0 Å². The van der Waals surface area contributed by atoms with E-state index in [1.54, 1.807) is 0 Å². The molecule has 3 rings (SSSR count). The van der Waals surface area contributed by atoms with E-state index < -0.39 is 17.4 Å². The van der Waals surface area contributed by atoms with Crippen LogP contribution in [-0.2, 0) is 15.0 Å². The first-order valence-electron chi connectivity index (χ1n) is 16.2. The third-order valence-corrected chi connectivity index (χ3v) is 7.54. The zero-order valence-electron chi connectivity index (χ0n) is 28.1. The average Bonchev–Trinajstić information content (AvgIpc) is 3.06. The van der Waals surface area contributed by atoms with Crippen molar-refractivity contribution < 1.29 is 47.5 Å². The average molecular weight is 641 g/mol. The molecule has 0 N–H and O–H groups in total. The number of rotatable bonds is 18. The Morgan fingerprint density at radius 3 is 1.24 bits per heavy atom. The SMILES string of the molecule is C=CC(=O)Oc1c(OCC)cc(C2(c3cc(OCC)c(OC(=O)C=C)c(OCC)c3OCC)CCCCC2)c(OCC)c1OCC. The third kappa shape index (κ3) is 7.71. The summed E-state index contributed by atoms with van der Waals surface area (Å²) in [7, 11) is 0. The molecule has 0 aliphatic heterocycles. The molecule has 0 saturated heterocycles. The molecule has 1 fully saturated rings. The monoisotopic (exact) mass is 640 g/mol. The van der Waals surface area contributed by atoms with Gasteiger partial charge in [0, 0.05) is 28.7 Å². The molecular weight excluding hydrogens is 592 g/mol. The second-order valence-electron chi connectivity index (χ2n) is 10.3. The van der Waals surface area contributed by atoms with E-state index >= 15 is 0 Å². The summed E-state index contributed by atoms with van der Waals surface area (Å²) in [6, 6.07) is 3.74. The largest absolute Gasteiger partial charge is 0.490 e. The Balaban J connectivity index is 2.57. The van der Waals surface area contributed by atoms with E-state index in [0.717, 1.165) is 42.5 Å². The molecule has 10 heteroatoms. The first-order chi connectivity index (χ1) is 22.3. The molecule has 252 valence electrons. The van der Waals surface area contributed by atoms with Crippen molar-refractivity contribution in [2.45, 2.75) is 79.1 Å². The highest BCUT2D eigenvalue weighted by Crippen LogP contribution is 2.60. The number of benzene rings is 2. The minimum absolute atomic E-state index is 0.119. The van der Waals surface area contributed by atoms with E-state index in [1.807, 2.05) is 53.7 Å². The van der Waals surface area contributed by atoms with Crippen molar-refractivity contribution >= 4 is 11.9 Å². The van der Waals surface area contributed by atoms with Crippen LogP contribution in [0.2, 0.25) is 0 Å². The van der Waals surface area contributed by atoms with Gasteiger partial charge < -0.3 is 37.9 Å². The predicted octanol–water partition coefficient (Wildman–Crippen LogP) is 7.51. The standard InChI is InChI=1S/C36H48O10/c1-9-28(37)45-32-26(39-11-3)22-24(30(41-13-5)34(32)43-15-7)36(20-18-17-19-21-36)25-23-27(40-12-4)33(46-29(38)10-2)35(44-16-8)31(25)42-14-6/h9-10,22-23H,1-2,11-21H2,3-8H3. The molecule has 0 atom stereocenters. The van der Waals surface area contributed by atoms with Crippen LogP contribution >= 0.6 is 0 Å². The van der Waals surface area contributed by atoms with Gasteiger partial charge in [0.25, 0.3) is 0 Å². The van der Waals surface area contributed by atoms with E-state index in [0.29, 0.717) is 62.3 Å². The minimum atomic E-state index is -0.732. The fourth-order valence-electron chi connectivity index (χ4n) is 5.88. The van der Waals surface area contributed by atoms with Crippen LogP contribution in [0.5, 0.6) is 46.0 Å². The van der Waals surface area contributed by atoms with Crippen LogP contribution in [0.15, 0.2) is 37.4 Å². The molecule has 0 aromatic heterocycles. The van der Waals surface area contributed by atoms with E-state index in [1.165, 1.54) is 0 Å². The van der Waals surface area contributed by atoms with Crippen molar-refractivity contribution in [2.75, 3.05) is 39.6 Å². The van der Waals surface area contributed by atoms with Gasteiger partial charge in [-0.05, 0) is 66.5 Å². The zero-order chi connectivity index (χ0) is 33.7. The number of hydrogen-bond acceptors (Lipinski definition) is 10. The molecule has 1 aliphatic carbocycles. The summed E-state index contributed by atoms with van der Waals surface area (Å²) >= 11 is 0.